The third-order valence-electron chi connectivity index (χ3n) is 10.8. The van der Waals surface area contributed by atoms with Crippen molar-refractivity contribution in [2.45, 2.75) is 105 Å². The smallest absolute Gasteiger partial charge is 0.0593 e. The number of rotatable bonds is 6. The number of aliphatic hydroxyl groups is 2. The van der Waals surface area contributed by atoms with Crippen molar-refractivity contribution < 1.29 is 10.2 Å². The summed E-state index contributed by atoms with van der Waals surface area (Å²) in [6, 6.07) is 0. The Balaban J connectivity index is 1.53. The van der Waals surface area contributed by atoms with Crippen LogP contribution in [0.25, 0.3) is 0 Å². The van der Waals surface area contributed by atoms with E-state index in [1.165, 1.54) is 44.9 Å². The summed E-state index contributed by atoms with van der Waals surface area (Å²) in [4.78, 5) is 0. The average Bonchev–Trinajstić information content (AvgIpc) is 3.05. The highest BCUT2D eigenvalue weighted by Gasteiger charge is 2.59. The zero-order chi connectivity index (χ0) is 21.7. The molecule has 2 N–H and O–H groups in total. The van der Waals surface area contributed by atoms with Crippen LogP contribution in [0.5, 0.6) is 0 Å². The molecular weight excluding hydrogens is 368 g/mol. The van der Waals surface area contributed by atoms with Crippen molar-refractivity contribution in [1.82, 2.24) is 0 Å². The number of aliphatic hydroxyl groups excluding tert-OH is 2. The van der Waals surface area contributed by atoms with Crippen molar-refractivity contribution >= 4 is 0 Å². The number of fused-ring (bicyclic) bond motifs is 5. The van der Waals surface area contributed by atoms with Crippen molar-refractivity contribution in [3.05, 3.63) is 11.6 Å². The quantitative estimate of drug-likeness (QED) is 0.478. The van der Waals surface area contributed by atoms with Crippen molar-refractivity contribution in [2.75, 3.05) is 6.61 Å². The van der Waals surface area contributed by atoms with Gasteiger partial charge in [-0.05, 0) is 91.3 Å². The monoisotopic (exact) mass is 416 g/mol. The second-order valence-corrected chi connectivity index (χ2v) is 12.6. The van der Waals surface area contributed by atoms with Gasteiger partial charge in [-0.1, -0.05) is 65.5 Å². The summed E-state index contributed by atoms with van der Waals surface area (Å²) in [5.74, 6) is 4.57. The van der Waals surface area contributed by atoms with Gasteiger partial charge >= 0.3 is 0 Å². The summed E-state index contributed by atoms with van der Waals surface area (Å²) >= 11 is 0. The van der Waals surface area contributed by atoms with Crippen LogP contribution in [-0.4, -0.2) is 22.9 Å². The lowest BCUT2D eigenvalue weighted by Gasteiger charge is -2.59. The normalized spacial score (nSPS) is 46.7. The lowest BCUT2D eigenvalue weighted by molar-refractivity contribution is -0.0972. The zero-order valence-corrected chi connectivity index (χ0v) is 20.4. The van der Waals surface area contributed by atoms with Gasteiger partial charge in [0.05, 0.1) is 6.10 Å². The molecule has 2 heteroatoms. The molecular formula is C28H48O2. The van der Waals surface area contributed by atoms with Crippen LogP contribution >= 0.6 is 0 Å². The fourth-order valence-corrected chi connectivity index (χ4v) is 9.02. The first kappa shape index (κ1) is 22.8. The minimum atomic E-state index is -0.306. The molecule has 0 heterocycles. The Hall–Kier alpha value is -0.340. The van der Waals surface area contributed by atoms with E-state index in [1.54, 1.807) is 5.57 Å². The van der Waals surface area contributed by atoms with Crippen LogP contribution < -0.4 is 0 Å². The molecule has 0 spiro atoms. The maximum atomic E-state index is 10.5. The topological polar surface area (TPSA) is 40.5 Å². The van der Waals surface area contributed by atoms with Crippen LogP contribution in [0.15, 0.2) is 11.6 Å². The van der Waals surface area contributed by atoms with Crippen LogP contribution in [0.2, 0.25) is 0 Å². The molecule has 0 saturated heterocycles. The fraction of sp³-hybridized carbons (Fsp3) is 0.929. The van der Waals surface area contributed by atoms with Crippen LogP contribution in [-0.2, 0) is 0 Å². The first-order valence-corrected chi connectivity index (χ1v) is 13.2. The van der Waals surface area contributed by atoms with Crippen molar-refractivity contribution in [3.63, 3.8) is 0 Å². The van der Waals surface area contributed by atoms with Gasteiger partial charge in [0.25, 0.3) is 0 Å². The number of hydrogen-bond donors (Lipinski definition) is 2. The van der Waals surface area contributed by atoms with Crippen LogP contribution in [0.4, 0.5) is 0 Å². The van der Waals surface area contributed by atoms with Crippen molar-refractivity contribution in [1.29, 1.82) is 0 Å². The minimum absolute atomic E-state index is 0.0761. The number of allylic oxidation sites excluding steroid dienone is 2. The Kier molecular flexibility index (Phi) is 6.50. The van der Waals surface area contributed by atoms with Crippen LogP contribution in [0.1, 0.15) is 98.8 Å². The molecule has 0 bridgehead atoms. The van der Waals surface area contributed by atoms with E-state index in [4.69, 9.17) is 0 Å². The summed E-state index contributed by atoms with van der Waals surface area (Å²) in [6.45, 7) is 12.6. The molecule has 0 aromatic rings. The van der Waals surface area contributed by atoms with Gasteiger partial charge in [-0.2, -0.15) is 0 Å². The highest BCUT2D eigenvalue weighted by Crippen LogP contribution is 2.67. The van der Waals surface area contributed by atoms with Gasteiger partial charge in [0.1, 0.15) is 0 Å². The summed E-state index contributed by atoms with van der Waals surface area (Å²) in [7, 11) is 0. The second kappa shape index (κ2) is 8.54. The van der Waals surface area contributed by atoms with Crippen molar-refractivity contribution in [2.24, 2.45) is 52.3 Å². The third kappa shape index (κ3) is 3.62. The molecule has 0 aromatic heterocycles. The molecule has 0 unspecified atom stereocenters. The van der Waals surface area contributed by atoms with E-state index in [9.17, 15) is 10.2 Å². The summed E-state index contributed by atoms with van der Waals surface area (Å²) in [5, 5.41) is 20.6. The first-order chi connectivity index (χ1) is 14.2. The molecule has 2 nitrogen and oxygen atoms in total. The van der Waals surface area contributed by atoms with E-state index >= 15 is 0 Å². The lowest BCUT2D eigenvalue weighted by Crippen LogP contribution is -2.53. The molecule has 9 atom stereocenters. The SMILES string of the molecule is CC(C)CCC[C@@H](C)[C@H]1CC[C@H]2C3=CC[C@H]4[C@H](CO)[C@@H](O)CC[C@]4(C)[C@H]3CC[C@]12C. The van der Waals surface area contributed by atoms with Gasteiger partial charge in [-0.25, -0.2) is 0 Å². The second-order valence-electron chi connectivity index (χ2n) is 12.6. The fourth-order valence-electron chi connectivity index (χ4n) is 9.02. The van der Waals surface area contributed by atoms with Gasteiger partial charge in [-0.3, -0.25) is 0 Å². The average molecular weight is 417 g/mol. The van der Waals surface area contributed by atoms with Gasteiger partial charge in [0.2, 0.25) is 0 Å². The first-order valence-electron chi connectivity index (χ1n) is 13.2. The standard InChI is InChI=1S/C28H48O2/c1-18(2)7-6-8-19(3)22-11-12-23-20-9-10-24-21(17-29)26(30)14-16-28(24,5)25(20)13-15-27(22,23)4/h9,18-19,21-26,29-30H,6-8,10-17H2,1-5H3/t19-,21+,22-,23+,24+,25+,26+,27-,28+/m1/s1. The van der Waals surface area contributed by atoms with E-state index in [2.05, 4.69) is 40.7 Å². The summed E-state index contributed by atoms with van der Waals surface area (Å²) in [6.07, 6.45) is 15.1. The van der Waals surface area contributed by atoms with Gasteiger partial charge in [0, 0.05) is 12.5 Å². The Morgan fingerprint density at radius 3 is 2.37 bits per heavy atom. The highest BCUT2D eigenvalue weighted by atomic mass is 16.3. The van der Waals surface area contributed by atoms with E-state index in [0.717, 1.165) is 42.9 Å². The highest BCUT2D eigenvalue weighted by molar-refractivity contribution is 5.28. The molecule has 0 aromatic carbocycles. The maximum Gasteiger partial charge on any atom is 0.0593 e. The maximum absolute atomic E-state index is 10.5. The molecule has 30 heavy (non-hydrogen) atoms. The number of hydrogen-bond acceptors (Lipinski definition) is 2. The van der Waals surface area contributed by atoms with E-state index in [0.29, 0.717) is 17.3 Å². The summed E-state index contributed by atoms with van der Waals surface area (Å²) < 4.78 is 0. The predicted octanol–water partition coefficient (Wildman–Crippen LogP) is 6.61. The Morgan fingerprint density at radius 2 is 1.67 bits per heavy atom. The van der Waals surface area contributed by atoms with Gasteiger partial charge in [0.15, 0.2) is 0 Å². The third-order valence-corrected chi connectivity index (χ3v) is 10.8. The Morgan fingerprint density at radius 1 is 0.967 bits per heavy atom. The molecule has 172 valence electrons. The molecule has 3 fully saturated rings. The molecule has 0 radical (unpaired) electrons. The minimum Gasteiger partial charge on any atom is -0.396 e. The Bertz CT molecular complexity index is 639. The zero-order valence-electron chi connectivity index (χ0n) is 20.4. The molecule has 4 aliphatic carbocycles. The van der Waals surface area contributed by atoms with Gasteiger partial charge in [-0.15, -0.1) is 0 Å². The molecule has 0 amide bonds. The summed E-state index contributed by atoms with van der Waals surface area (Å²) in [5.41, 5.74) is 2.57. The molecule has 4 rings (SSSR count). The molecule has 4 aliphatic rings. The van der Waals surface area contributed by atoms with Crippen molar-refractivity contribution in [3.8, 4) is 0 Å². The molecule has 0 aliphatic heterocycles. The largest absolute Gasteiger partial charge is 0.396 e. The van der Waals surface area contributed by atoms with E-state index in [1.807, 2.05) is 0 Å². The van der Waals surface area contributed by atoms with Crippen LogP contribution in [0, 0.1) is 52.3 Å². The van der Waals surface area contributed by atoms with E-state index in [-0.39, 0.29) is 24.0 Å². The Labute approximate surface area is 185 Å². The van der Waals surface area contributed by atoms with E-state index < -0.39 is 0 Å². The molecule has 3 saturated carbocycles. The lowest BCUT2D eigenvalue weighted by atomic mass is 9.46. The van der Waals surface area contributed by atoms with Crippen LogP contribution in [0.3, 0.4) is 0 Å². The predicted molar refractivity (Wildman–Crippen MR) is 125 cm³/mol. The van der Waals surface area contributed by atoms with Gasteiger partial charge < -0.3 is 10.2 Å².